The molecule has 23 heavy (non-hydrogen) atoms. The lowest BCUT2D eigenvalue weighted by atomic mass is 9.67. The first-order chi connectivity index (χ1) is 10.7. The molecule has 1 N–H and O–H groups in total. The maximum absolute atomic E-state index is 12.5. The van der Waals surface area contributed by atoms with E-state index in [0.29, 0.717) is 35.4 Å². The molecule has 1 saturated carbocycles. The Morgan fingerprint density at radius 2 is 2.09 bits per heavy atom. The predicted octanol–water partition coefficient (Wildman–Crippen LogP) is 4.04. The van der Waals surface area contributed by atoms with Gasteiger partial charge in [0.2, 0.25) is 11.8 Å². The number of nitrogens with one attached hydrogen (secondary N) is 1. The van der Waals surface area contributed by atoms with Gasteiger partial charge in [-0.05, 0) is 49.4 Å². The number of nitrogens with zero attached hydrogens (tertiary/aromatic N) is 2. The van der Waals surface area contributed by atoms with Crippen molar-refractivity contribution in [1.29, 1.82) is 0 Å². The molecular weight excluding hydrogens is 290 g/mol. The Morgan fingerprint density at radius 3 is 2.61 bits per heavy atom. The third-order valence-corrected chi connectivity index (χ3v) is 4.74. The highest BCUT2D eigenvalue weighted by Gasteiger charge is 2.33. The minimum Gasteiger partial charge on any atom is -0.344 e. The average molecular weight is 321 g/mol. The Labute approximate surface area is 139 Å². The van der Waals surface area contributed by atoms with Gasteiger partial charge in [0.15, 0.2) is 5.82 Å². The van der Waals surface area contributed by atoms with Crippen LogP contribution in [0.5, 0.6) is 0 Å². The molecule has 1 fully saturated rings. The van der Waals surface area contributed by atoms with Crippen molar-refractivity contribution in [2.45, 2.75) is 73.3 Å². The van der Waals surface area contributed by atoms with Crippen LogP contribution in [0.4, 0.5) is 0 Å². The van der Waals surface area contributed by atoms with Crippen molar-refractivity contribution in [3.05, 3.63) is 11.7 Å². The minimum absolute atomic E-state index is 0.0921. The topological polar surface area (TPSA) is 68.0 Å². The van der Waals surface area contributed by atoms with E-state index in [1.54, 1.807) is 6.92 Å². The summed E-state index contributed by atoms with van der Waals surface area (Å²) in [5, 5.41) is 6.93. The number of carbonyl (C=O) groups is 1. The van der Waals surface area contributed by atoms with Crippen molar-refractivity contribution in [3.63, 3.8) is 0 Å². The van der Waals surface area contributed by atoms with Crippen molar-refractivity contribution in [3.8, 4) is 0 Å². The molecule has 1 aromatic rings. The van der Waals surface area contributed by atoms with Crippen LogP contribution in [0, 0.1) is 30.1 Å². The van der Waals surface area contributed by atoms with Crippen LogP contribution in [0.2, 0.25) is 0 Å². The van der Waals surface area contributed by atoms with Crippen molar-refractivity contribution >= 4 is 5.91 Å². The molecule has 1 aliphatic carbocycles. The maximum Gasteiger partial charge on any atom is 0.249 e. The molecule has 5 nitrogen and oxygen atoms in total. The first kappa shape index (κ1) is 18.0. The quantitative estimate of drug-likeness (QED) is 0.888. The van der Waals surface area contributed by atoms with E-state index >= 15 is 0 Å². The fraction of sp³-hybridized carbons (Fsp3) is 0.833. The van der Waals surface area contributed by atoms with Crippen LogP contribution in [-0.2, 0) is 4.79 Å². The summed E-state index contributed by atoms with van der Waals surface area (Å²) >= 11 is 0. The van der Waals surface area contributed by atoms with Crippen LogP contribution in [0.25, 0.3) is 0 Å². The summed E-state index contributed by atoms with van der Waals surface area (Å²) in [5.74, 6) is 2.56. The zero-order valence-corrected chi connectivity index (χ0v) is 15.3. The standard InChI is InChI=1S/C18H31N3O2/c1-11(2)16(17-19-13(4)21-23-17)20-15(22)8-14-7-12(3)9-18(5,6)10-14/h11-12,14,16H,7-10H2,1-6H3,(H,20,22)/t12-,14-,16+/m0/s1. The first-order valence-corrected chi connectivity index (χ1v) is 8.76. The van der Waals surface area contributed by atoms with Gasteiger partial charge in [0.25, 0.3) is 0 Å². The Bertz CT molecular complexity index is 536. The largest absolute Gasteiger partial charge is 0.344 e. The molecule has 1 amide bonds. The molecule has 0 saturated heterocycles. The lowest BCUT2D eigenvalue weighted by Crippen LogP contribution is -2.35. The van der Waals surface area contributed by atoms with E-state index in [2.05, 4.69) is 50.1 Å². The van der Waals surface area contributed by atoms with Gasteiger partial charge >= 0.3 is 0 Å². The van der Waals surface area contributed by atoms with Crippen molar-refractivity contribution in [2.24, 2.45) is 23.2 Å². The molecule has 3 atom stereocenters. The average Bonchev–Trinajstić information content (AvgIpc) is 2.79. The van der Waals surface area contributed by atoms with E-state index < -0.39 is 0 Å². The van der Waals surface area contributed by atoms with Crippen LogP contribution in [0.3, 0.4) is 0 Å². The van der Waals surface area contributed by atoms with Gasteiger partial charge in [-0.3, -0.25) is 4.79 Å². The Kier molecular flexibility index (Phi) is 5.48. The summed E-state index contributed by atoms with van der Waals surface area (Å²) in [5.41, 5.74) is 0.337. The Hall–Kier alpha value is -1.39. The van der Waals surface area contributed by atoms with Crippen LogP contribution >= 0.6 is 0 Å². The number of aryl methyl sites for hydroxylation is 1. The minimum atomic E-state index is -0.210. The molecule has 5 heteroatoms. The van der Waals surface area contributed by atoms with E-state index in [0.717, 1.165) is 12.8 Å². The summed E-state index contributed by atoms with van der Waals surface area (Å²) in [4.78, 5) is 16.8. The molecule has 0 aromatic carbocycles. The third-order valence-electron chi connectivity index (χ3n) is 4.74. The van der Waals surface area contributed by atoms with Gasteiger partial charge in [0.05, 0.1) is 0 Å². The highest BCUT2D eigenvalue weighted by Crippen LogP contribution is 2.42. The molecule has 130 valence electrons. The summed E-state index contributed by atoms with van der Waals surface area (Å²) < 4.78 is 5.25. The van der Waals surface area contributed by atoms with E-state index in [9.17, 15) is 4.79 Å². The summed E-state index contributed by atoms with van der Waals surface area (Å²) in [6.07, 6.45) is 4.10. The molecular formula is C18H31N3O2. The second-order valence-corrected chi connectivity index (χ2v) is 8.45. The van der Waals surface area contributed by atoms with E-state index in [4.69, 9.17) is 4.52 Å². The molecule has 0 bridgehead atoms. The van der Waals surface area contributed by atoms with Gasteiger partial charge in [0.1, 0.15) is 6.04 Å². The SMILES string of the molecule is Cc1noc([C@H](NC(=O)C[C@@H]2C[C@H](C)CC(C)(C)C2)C(C)C)n1. The maximum atomic E-state index is 12.5. The van der Waals surface area contributed by atoms with E-state index in [1.165, 1.54) is 6.42 Å². The van der Waals surface area contributed by atoms with Crippen LogP contribution in [0.15, 0.2) is 4.52 Å². The van der Waals surface area contributed by atoms with Crippen LogP contribution in [-0.4, -0.2) is 16.0 Å². The van der Waals surface area contributed by atoms with E-state index in [-0.39, 0.29) is 17.9 Å². The highest BCUT2D eigenvalue weighted by atomic mass is 16.5. The second-order valence-electron chi connectivity index (χ2n) is 8.45. The predicted molar refractivity (Wildman–Crippen MR) is 89.7 cm³/mol. The Morgan fingerprint density at radius 1 is 1.39 bits per heavy atom. The van der Waals surface area contributed by atoms with Crippen molar-refractivity contribution in [1.82, 2.24) is 15.5 Å². The van der Waals surface area contributed by atoms with Gasteiger partial charge in [0, 0.05) is 6.42 Å². The lowest BCUT2D eigenvalue weighted by Gasteiger charge is -2.39. The first-order valence-electron chi connectivity index (χ1n) is 8.76. The smallest absolute Gasteiger partial charge is 0.249 e. The molecule has 0 radical (unpaired) electrons. The van der Waals surface area contributed by atoms with Gasteiger partial charge in [-0.1, -0.05) is 39.8 Å². The Balaban J connectivity index is 1.97. The molecule has 0 unspecified atom stereocenters. The van der Waals surface area contributed by atoms with Crippen LogP contribution < -0.4 is 5.32 Å². The second kappa shape index (κ2) is 7.02. The van der Waals surface area contributed by atoms with Gasteiger partial charge in [-0.15, -0.1) is 0 Å². The third kappa shape index (κ3) is 5.05. The fourth-order valence-corrected chi connectivity index (χ4v) is 4.15. The normalized spacial score (nSPS) is 25.3. The molecule has 0 aliphatic heterocycles. The van der Waals surface area contributed by atoms with Gasteiger partial charge in [-0.2, -0.15) is 4.98 Å². The monoisotopic (exact) mass is 321 g/mol. The summed E-state index contributed by atoms with van der Waals surface area (Å²) in [6, 6.07) is -0.210. The van der Waals surface area contributed by atoms with Crippen LogP contribution in [0.1, 0.15) is 78.1 Å². The number of rotatable bonds is 5. The summed E-state index contributed by atoms with van der Waals surface area (Å²) in [6.45, 7) is 12.8. The zero-order chi connectivity index (χ0) is 17.2. The summed E-state index contributed by atoms with van der Waals surface area (Å²) in [7, 11) is 0. The number of amides is 1. The van der Waals surface area contributed by atoms with E-state index in [1.807, 2.05) is 0 Å². The number of carbonyl (C=O) groups excluding carboxylic acids is 1. The number of aromatic nitrogens is 2. The fourth-order valence-electron chi connectivity index (χ4n) is 4.15. The van der Waals surface area contributed by atoms with Crippen molar-refractivity contribution in [2.75, 3.05) is 0 Å². The molecule has 1 aromatic heterocycles. The van der Waals surface area contributed by atoms with Crippen molar-refractivity contribution < 1.29 is 9.32 Å². The molecule has 1 aliphatic rings. The molecule has 0 spiro atoms. The highest BCUT2D eigenvalue weighted by molar-refractivity contribution is 5.76. The number of hydrogen-bond acceptors (Lipinski definition) is 4. The number of hydrogen-bond donors (Lipinski definition) is 1. The zero-order valence-electron chi connectivity index (χ0n) is 15.3. The van der Waals surface area contributed by atoms with Gasteiger partial charge in [-0.25, -0.2) is 0 Å². The lowest BCUT2D eigenvalue weighted by molar-refractivity contribution is -0.124. The molecule has 2 rings (SSSR count). The van der Waals surface area contributed by atoms with Gasteiger partial charge < -0.3 is 9.84 Å². The molecule has 1 heterocycles.